The number of thiophene rings is 1. The Morgan fingerprint density at radius 3 is 2.76 bits per heavy atom. The monoisotopic (exact) mass is 247 g/mol. The largest absolute Gasteiger partial charge is 0.494 e. The Bertz CT molecular complexity index is 492. The molecule has 0 spiro atoms. The number of para-hydroxylation sites is 1. The van der Waals surface area contributed by atoms with Crippen molar-refractivity contribution in [2.75, 3.05) is 6.61 Å². The summed E-state index contributed by atoms with van der Waals surface area (Å²) in [6.07, 6.45) is 0. The molecule has 0 aliphatic rings. The summed E-state index contributed by atoms with van der Waals surface area (Å²) in [6, 6.07) is 10.00. The molecule has 2 N–H and O–H groups in total. The lowest BCUT2D eigenvalue weighted by Crippen LogP contribution is -2.12. The van der Waals surface area contributed by atoms with Gasteiger partial charge in [0.25, 0.3) is 0 Å². The fourth-order valence-electron chi connectivity index (χ4n) is 1.83. The van der Waals surface area contributed by atoms with E-state index >= 15 is 0 Å². The average Bonchev–Trinajstić information content (AvgIpc) is 2.76. The maximum absolute atomic E-state index is 6.29. The molecule has 0 bridgehead atoms. The predicted molar refractivity (Wildman–Crippen MR) is 72.7 cm³/mol. The Labute approximate surface area is 106 Å². The first-order chi connectivity index (χ1) is 8.22. The molecule has 2 rings (SSSR count). The van der Waals surface area contributed by atoms with E-state index in [0.29, 0.717) is 6.61 Å². The van der Waals surface area contributed by atoms with Crippen molar-refractivity contribution in [3.05, 3.63) is 51.7 Å². The summed E-state index contributed by atoms with van der Waals surface area (Å²) in [7, 11) is 0. The highest BCUT2D eigenvalue weighted by molar-refractivity contribution is 7.10. The average molecular weight is 247 g/mol. The zero-order valence-corrected chi connectivity index (χ0v) is 11.0. The molecule has 0 fully saturated rings. The lowest BCUT2D eigenvalue weighted by molar-refractivity contribution is 0.335. The van der Waals surface area contributed by atoms with Gasteiger partial charge in [0.15, 0.2) is 0 Å². The van der Waals surface area contributed by atoms with E-state index < -0.39 is 0 Å². The summed E-state index contributed by atoms with van der Waals surface area (Å²) in [5, 5.41) is 2.11. The van der Waals surface area contributed by atoms with Crippen LogP contribution in [0, 0.1) is 6.92 Å². The summed E-state index contributed by atoms with van der Waals surface area (Å²) < 4.78 is 5.61. The lowest BCUT2D eigenvalue weighted by Gasteiger charge is -2.15. The van der Waals surface area contributed by atoms with E-state index in [0.717, 1.165) is 16.9 Å². The smallest absolute Gasteiger partial charge is 0.124 e. The van der Waals surface area contributed by atoms with Gasteiger partial charge in [-0.15, -0.1) is 11.3 Å². The van der Waals surface area contributed by atoms with Gasteiger partial charge in [-0.25, -0.2) is 0 Å². The van der Waals surface area contributed by atoms with Gasteiger partial charge < -0.3 is 10.5 Å². The second-order valence-corrected chi connectivity index (χ2v) is 5.05. The normalized spacial score (nSPS) is 12.4. The molecule has 17 heavy (non-hydrogen) atoms. The van der Waals surface area contributed by atoms with Crippen molar-refractivity contribution < 1.29 is 4.74 Å². The van der Waals surface area contributed by atoms with Crippen molar-refractivity contribution >= 4 is 11.3 Å². The molecular weight excluding hydrogens is 230 g/mol. The summed E-state index contributed by atoms with van der Waals surface area (Å²) in [4.78, 5) is 1.28. The lowest BCUT2D eigenvalue weighted by atomic mass is 10.0. The van der Waals surface area contributed by atoms with E-state index in [9.17, 15) is 0 Å². The zero-order chi connectivity index (χ0) is 12.3. The van der Waals surface area contributed by atoms with Crippen LogP contribution in [0.25, 0.3) is 0 Å². The molecule has 0 aliphatic carbocycles. The molecule has 0 aliphatic heterocycles. The van der Waals surface area contributed by atoms with E-state index in [-0.39, 0.29) is 6.04 Å². The van der Waals surface area contributed by atoms with Gasteiger partial charge in [0.1, 0.15) is 5.75 Å². The van der Waals surface area contributed by atoms with Gasteiger partial charge >= 0.3 is 0 Å². The molecule has 1 aromatic carbocycles. The molecule has 0 radical (unpaired) electrons. The zero-order valence-electron chi connectivity index (χ0n) is 10.1. The highest BCUT2D eigenvalue weighted by Gasteiger charge is 2.14. The van der Waals surface area contributed by atoms with E-state index in [1.165, 1.54) is 4.88 Å². The van der Waals surface area contributed by atoms with E-state index in [1.807, 2.05) is 31.2 Å². The summed E-state index contributed by atoms with van der Waals surface area (Å²) in [6.45, 7) is 4.73. The molecule has 0 saturated carbocycles. The third-order valence-electron chi connectivity index (χ3n) is 2.66. The van der Waals surface area contributed by atoms with Crippen LogP contribution in [0.4, 0.5) is 0 Å². The molecule has 2 aromatic rings. The van der Waals surface area contributed by atoms with E-state index in [4.69, 9.17) is 10.5 Å². The van der Waals surface area contributed by atoms with Crippen LogP contribution in [0.15, 0.2) is 35.7 Å². The first kappa shape index (κ1) is 12.1. The van der Waals surface area contributed by atoms with Crippen LogP contribution in [-0.4, -0.2) is 6.61 Å². The third-order valence-corrected chi connectivity index (χ3v) is 3.54. The second kappa shape index (κ2) is 5.34. The van der Waals surface area contributed by atoms with Crippen molar-refractivity contribution in [3.63, 3.8) is 0 Å². The van der Waals surface area contributed by atoms with Crippen molar-refractivity contribution in [3.8, 4) is 5.75 Å². The van der Waals surface area contributed by atoms with Crippen LogP contribution >= 0.6 is 11.3 Å². The van der Waals surface area contributed by atoms with Crippen molar-refractivity contribution in [2.45, 2.75) is 19.9 Å². The second-order valence-electron chi connectivity index (χ2n) is 3.94. The molecule has 2 nitrogen and oxygen atoms in total. The van der Waals surface area contributed by atoms with Crippen molar-refractivity contribution in [2.24, 2.45) is 5.73 Å². The molecule has 90 valence electrons. The molecular formula is C14H17NOS. The molecule has 1 atom stereocenters. The van der Waals surface area contributed by atoms with Gasteiger partial charge in [0.2, 0.25) is 0 Å². The van der Waals surface area contributed by atoms with Crippen molar-refractivity contribution in [1.29, 1.82) is 0 Å². The number of hydrogen-bond donors (Lipinski definition) is 1. The summed E-state index contributed by atoms with van der Waals surface area (Å²) in [5.74, 6) is 0.881. The quantitative estimate of drug-likeness (QED) is 0.897. The Balaban J connectivity index is 2.33. The number of ether oxygens (including phenoxy) is 1. The SMILES string of the molecule is CCOc1ccccc1C(N)c1csc(C)c1. The first-order valence-corrected chi connectivity index (χ1v) is 6.62. The number of nitrogens with two attached hydrogens (primary N) is 1. The van der Waals surface area contributed by atoms with Crippen LogP contribution in [0.2, 0.25) is 0 Å². The minimum Gasteiger partial charge on any atom is -0.494 e. The molecule has 3 heteroatoms. The molecule has 1 aromatic heterocycles. The maximum Gasteiger partial charge on any atom is 0.124 e. The van der Waals surface area contributed by atoms with E-state index in [2.05, 4.69) is 18.4 Å². The van der Waals surface area contributed by atoms with Gasteiger partial charge in [0.05, 0.1) is 12.6 Å². The van der Waals surface area contributed by atoms with Crippen LogP contribution in [0.1, 0.15) is 29.0 Å². The fraction of sp³-hybridized carbons (Fsp3) is 0.286. The number of benzene rings is 1. The minimum atomic E-state index is -0.109. The van der Waals surface area contributed by atoms with Crippen LogP contribution in [0.5, 0.6) is 5.75 Å². The Morgan fingerprint density at radius 1 is 1.35 bits per heavy atom. The predicted octanol–water partition coefficient (Wildman–Crippen LogP) is 3.50. The molecule has 0 saturated heterocycles. The first-order valence-electron chi connectivity index (χ1n) is 5.74. The number of rotatable bonds is 4. The van der Waals surface area contributed by atoms with Crippen LogP contribution in [-0.2, 0) is 0 Å². The van der Waals surface area contributed by atoms with Gasteiger partial charge in [-0.1, -0.05) is 18.2 Å². The highest BCUT2D eigenvalue weighted by atomic mass is 32.1. The Morgan fingerprint density at radius 2 is 2.12 bits per heavy atom. The minimum absolute atomic E-state index is 0.109. The molecule has 1 unspecified atom stereocenters. The van der Waals surface area contributed by atoms with Gasteiger partial charge in [-0.3, -0.25) is 0 Å². The summed E-state index contributed by atoms with van der Waals surface area (Å²) in [5.41, 5.74) is 8.49. The van der Waals surface area contributed by atoms with Gasteiger partial charge in [0, 0.05) is 10.4 Å². The number of hydrogen-bond acceptors (Lipinski definition) is 3. The van der Waals surface area contributed by atoms with Crippen LogP contribution < -0.4 is 10.5 Å². The van der Waals surface area contributed by atoms with Gasteiger partial charge in [-0.2, -0.15) is 0 Å². The van der Waals surface area contributed by atoms with Crippen LogP contribution in [0.3, 0.4) is 0 Å². The summed E-state index contributed by atoms with van der Waals surface area (Å²) >= 11 is 1.73. The van der Waals surface area contributed by atoms with Crippen molar-refractivity contribution in [1.82, 2.24) is 0 Å². The number of aryl methyl sites for hydroxylation is 1. The highest BCUT2D eigenvalue weighted by Crippen LogP contribution is 2.30. The maximum atomic E-state index is 6.29. The van der Waals surface area contributed by atoms with Gasteiger partial charge in [-0.05, 0) is 36.9 Å². The standard InChI is InChI=1S/C14H17NOS/c1-3-16-13-7-5-4-6-12(13)14(15)11-8-10(2)17-9-11/h4-9,14H,3,15H2,1-2H3. The third kappa shape index (κ3) is 2.68. The fourth-order valence-corrected chi connectivity index (χ4v) is 2.57. The van der Waals surface area contributed by atoms with E-state index in [1.54, 1.807) is 11.3 Å². The molecule has 1 heterocycles. The Kier molecular flexibility index (Phi) is 3.82. The topological polar surface area (TPSA) is 35.2 Å². The Hall–Kier alpha value is -1.32. The molecule has 0 amide bonds.